The molecule has 17 heavy (non-hydrogen) atoms. The monoisotopic (exact) mass is 238 g/mol. The molecule has 0 spiro atoms. The molecule has 0 aliphatic carbocycles. The molecule has 2 atom stereocenters. The Balaban J connectivity index is 2.65. The molecule has 96 valence electrons. The van der Waals surface area contributed by atoms with Crippen molar-refractivity contribution in [2.75, 3.05) is 5.73 Å². The normalized spacial score (nSPS) is 14.9. The van der Waals surface area contributed by atoms with Gasteiger partial charge in [-0.15, -0.1) is 0 Å². The van der Waals surface area contributed by atoms with Crippen LogP contribution in [-0.4, -0.2) is 27.4 Å². The van der Waals surface area contributed by atoms with Crippen LogP contribution in [0.2, 0.25) is 0 Å². The van der Waals surface area contributed by atoms with E-state index in [9.17, 15) is 10.2 Å². The average Bonchev–Trinajstić information content (AvgIpc) is 2.33. The molecule has 4 nitrogen and oxygen atoms in total. The van der Waals surface area contributed by atoms with Crippen LogP contribution in [0, 0.1) is 5.92 Å². The number of anilines is 1. The number of aliphatic hydroxyl groups is 2. The lowest BCUT2D eigenvalue weighted by molar-refractivity contribution is -0.0187. The molecule has 4 N–H and O–H groups in total. The number of hydrogen-bond acceptors (Lipinski definition) is 4. The molecule has 1 aromatic heterocycles. The molecule has 0 aromatic carbocycles. The summed E-state index contributed by atoms with van der Waals surface area (Å²) >= 11 is 0. The summed E-state index contributed by atoms with van der Waals surface area (Å²) < 4.78 is 0. The maximum Gasteiger partial charge on any atom is 0.0843 e. The highest BCUT2D eigenvalue weighted by Crippen LogP contribution is 2.20. The molecular formula is C13H22N2O2. The van der Waals surface area contributed by atoms with Crippen molar-refractivity contribution in [1.82, 2.24) is 4.98 Å². The third-order valence-electron chi connectivity index (χ3n) is 3.30. The quantitative estimate of drug-likeness (QED) is 0.699. The molecular weight excluding hydrogens is 216 g/mol. The third kappa shape index (κ3) is 3.68. The molecule has 0 bridgehead atoms. The fourth-order valence-electron chi connectivity index (χ4n) is 2.04. The van der Waals surface area contributed by atoms with Crippen LogP contribution in [0.15, 0.2) is 18.5 Å². The highest BCUT2D eigenvalue weighted by Gasteiger charge is 2.24. The van der Waals surface area contributed by atoms with Gasteiger partial charge in [0.15, 0.2) is 0 Å². The van der Waals surface area contributed by atoms with Gasteiger partial charge in [0.25, 0.3) is 0 Å². The minimum absolute atomic E-state index is 0.128. The van der Waals surface area contributed by atoms with E-state index in [0.717, 1.165) is 18.4 Å². The van der Waals surface area contributed by atoms with Gasteiger partial charge >= 0.3 is 0 Å². The topological polar surface area (TPSA) is 79.4 Å². The van der Waals surface area contributed by atoms with Crippen molar-refractivity contribution < 1.29 is 10.2 Å². The van der Waals surface area contributed by atoms with Crippen molar-refractivity contribution in [2.45, 2.75) is 45.3 Å². The molecule has 0 radical (unpaired) electrons. The van der Waals surface area contributed by atoms with E-state index in [2.05, 4.69) is 4.98 Å². The van der Waals surface area contributed by atoms with Crippen LogP contribution in [0.3, 0.4) is 0 Å². The minimum atomic E-state index is -0.786. The van der Waals surface area contributed by atoms with Gasteiger partial charge in [-0.2, -0.15) is 0 Å². The van der Waals surface area contributed by atoms with Crippen LogP contribution in [-0.2, 0) is 6.42 Å². The maximum absolute atomic E-state index is 10.0. The Morgan fingerprint density at radius 3 is 2.47 bits per heavy atom. The number of aliphatic hydroxyl groups excluding tert-OH is 2. The van der Waals surface area contributed by atoms with E-state index in [1.54, 1.807) is 18.5 Å². The Hall–Kier alpha value is -1.13. The molecule has 1 heterocycles. The lowest BCUT2D eigenvalue weighted by atomic mass is 9.90. The van der Waals surface area contributed by atoms with Gasteiger partial charge in [0.1, 0.15) is 0 Å². The van der Waals surface area contributed by atoms with E-state index in [4.69, 9.17) is 5.73 Å². The Morgan fingerprint density at radius 1 is 1.29 bits per heavy atom. The summed E-state index contributed by atoms with van der Waals surface area (Å²) in [4.78, 5) is 3.97. The number of rotatable bonds is 6. The van der Waals surface area contributed by atoms with Gasteiger partial charge in [0.05, 0.1) is 12.2 Å². The lowest BCUT2D eigenvalue weighted by Gasteiger charge is -2.25. The zero-order valence-corrected chi connectivity index (χ0v) is 10.5. The van der Waals surface area contributed by atoms with Crippen molar-refractivity contribution in [1.29, 1.82) is 0 Å². The average molecular weight is 238 g/mol. The Labute approximate surface area is 102 Å². The zero-order chi connectivity index (χ0) is 12.8. The second-order valence-corrected chi connectivity index (χ2v) is 4.41. The van der Waals surface area contributed by atoms with Crippen molar-refractivity contribution in [2.24, 2.45) is 5.92 Å². The number of pyridine rings is 1. The van der Waals surface area contributed by atoms with Gasteiger partial charge in [-0.1, -0.05) is 26.7 Å². The summed E-state index contributed by atoms with van der Waals surface area (Å²) in [7, 11) is 0. The Bertz CT molecular complexity index is 340. The van der Waals surface area contributed by atoms with Crippen LogP contribution in [0.1, 0.15) is 32.3 Å². The minimum Gasteiger partial charge on any atom is -0.398 e. The van der Waals surface area contributed by atoms with Gasteiger partial charge < -0.3 is 15.9 Å². The van der Waals surface area contributed by atoms with E-state index in [-0.39, 0.29) is 5.92 Å². The highest BCUT2D eigenvalue weighted by molar-refractivity contribution is 5.44. The van der Waals surface area contributed by atoms with Crippen LogP contribution < -0.4 is 5.73 Å². The van der Waals surface area contributed by atoms with Crippen molar-refractivity contribution >= 4 is 5.69 Å². The molecule has 2 unspecified atom stereocenters. The van der Waals surface area contributed by atoms with E-state index in [1.807, 2.05) is 13.8 Å². The van der Waals surface area contributed by atoms with E-state index in [0.29, 0.717) is 12.1 Å². The first-order valence-corrected chi connectivity index (χ1v) is 6.14. The predicted molar refractivity (Wildman–Crippen MR) is 68.4 cm³/mol. The first-order valence-electron chi connectivity index (χ1n) is 6.14. The van der Waals surface area contributed by atoms with Crippen LogP contribution in [0.25, 0.3) is 0 Å². The molecule has 4 heteroatoms. The summed E-state index contributed by atoms with van der Waals surface area (Å²) in [5.41, 5.74) is 7.17. The summed E-state index contributed by atoms with van der Waals surface area (Å²) in [6, 6.07) is 1.70. The molecule has 0 aliphatic rings. The van der Waals surface area contributed by atoms with Crippen LogP contribution in [0.5, 0.6) is 0 Å². The maximum atomic E-state index is 10.0. The summed E-state index contributed by atoms with van der Waals surface area (Å²) in [6.07, 6.45) is 3.82. The Kier molecular flexibility index (Phi) is 5.38. The van der Waals surface area contributed by atoms with E-state index < -0.39 is 12.2 Å². The molecule has 0 aliphatic heterocycles. The fraction of sp³-hybridized carbons (Fsp3) is 0.615. The van der Waals surface area contributed by atoms with Gasteiger partial charge in [-0.3, -0.25) is 4.98 Å². The number of aromatic nitrogens is 1. The second kappa shape index (κ2) is 6.57. The number of nitrogens with two attached hydrogens (primary N) is 1. The van der Waals surface area contributed by atoms with Crippen LogP contribution >= 0.6 is 0 Å². The van der Waals surface area contributed by atoms with E-state index in [1.165, 1.54) is 0 Å². The van der Waals surface area contributed by atoms with Gasteiger partial charge in [-0.25, -0.2) is 0 Å². The van der Waals surface area contributed by atoms with E-state index >= 15 is 0 Å². The molecule has 0 saturated heterocycles. The van der Waals surface area contributed by atoms with Crippen LogP contribution in [0.4, 0.5) is 5.69 Å². The summed E-state index contributed by atoms with van der Waals surface area (Å²) in [5, 5.41) is 20.0. The van der Waals surface area contributed by atoms with Crippen molar-refractivity contribution in [3.63, 3.8) is 0 Å². The molecule has 0 amide bonds. The third-order valence-corrected chi connectivity index (χ3v) is 3.30. The number of nitrogens with zero attached hydrogens (tertiary/aromatic N) is 1. The van der Waals surface area contributed by atoms with Gasteiger partial charge in [0, 0.05) is 24.5 Å². The van der Waals surface area contributed by atoms with Gasteiger partial charge in [-0.05, 0) is 17.5 Å². The molecule has 0 saturated carbocycles. The first kappa shape index (κ1) is 13.9. The largest absolute Gasteiger partial charge is 0.398 e. The zero-order valence-electron chi connectivity index (χ0n) is 10.5. The number of hydrogen-bond donors (Lipinski definition) is 3. The molecule has 0 fully saturated rings. The highest BCUT2D eigenvalue weighted by atomic mass is 16.3. The predicted octanol–water partition coefficient (Wildman–Crippen LogP) is 1.36. The first-order chi connectivity index (χ1) is 8.10. The molecule has 1 aromatic rings. The standard InChI is InChI=1S/C13H22N2O2/c1-3-9(4-2)13(17)12(16)7-10-8-15-6-5-11(10)14/h5-6,8-9,12-13,16-17H,3-4,7H2,1-2H3,(H2,14,15). The smallest absolute Gasteiger partial charge is 0.0843 e. The van der Waals surface area contributed by atoms with Crippen molar-refractivity contribution in [3.05, 3.63) is 24.0 Å². The second-order valence-electron chi connectivity index (χ2n) is 4.41. The molecule has 1 rings (SSSR count). The van der Waals surface area contributed by atoms with Crippen molar-refractivity contribution in [3.8, 4) is 0 Å². The fourth-order valence-corrected chi connectivity index (χ4v) is 2.04. The Morgan fingerprint density at radius 2 is 1.94 bits per heavy atom. The van der Waals surface area contributed by atoms with Gasteiger partial charge in [0.2, 0.25) is 0 Å². The summed E-state index contributed by atoms with van der Waals surface area (Å²) in [6.45, 7) is 4.03. The number of nitrogen functional groups attached to an aromatic ring is 1. The lowest BCUT2D eigenvalue weighted by Crippen LogP contribution is -2.34. The summed E-state index contributed by atoms with van der Waals surface area (Å²) in [5.74, 6) is 0.128. The SMILES string of the molecule is CCC(CC)C(O)C(O)Cc1cnccc1N.